The van der Waals surface area contributed by atoms with Crippen LogP contribution in [0.25, 0.3) is 0 Å². The van der Waals surface area contributed by atoms with Gasteiger partial charge in [-0.2, -0.15) is 0 Å². The minimum Gasteiger partial charge on any atom is -0.353 e. The van der Waals surface area contributed by atoms with Gasteiger partial charge in [0.25, 0.3) is 5.91 Å². The summed E-state index contributed by atoms with van der Waals surface area (Å²) in [6, 6.07) is 7.20. The van der Waals surface area contributed by atoms with Crippen LogP contribution in [0.2, 0.25) is 0 Å². The van der Waals surface area contributed by atoms with E-state index in [-0.39, 0.29) is 31.8 Å². The first kappa shape index (κ1) is 19.4. The van der Waals surface area contributed by atoms with E-state index < -0.39 is 20.5 Å². The summed E-state index contributed by atoms with van der Waals surface area (Å²) in [5, 5.41) is 8.45. The first-order valence-corrected chi connectivity index (χ1v) is 10.2. The Balaban J connectivity index is 1.88. The van der Waals surface area contributed by atoms with Gasteiger partial charge in [-0.05, 0) is 45.0 Å². The first-order valence-electron chi connectivity index (χ1n) is 8.30. The molecule has 0 spiro atoms. The van der Waals surface area contributed by atoms with E-state index >= 15 is 0 Å². The quantitative estimate of drug-likeness (QED) is 0.615. The highest BCUT2D eigenvalue weighted by Crippen LogP contribution is 2.27. The summed E-state index contributed by atoms with van der Waals surface area (Å²) in [5.74, 6) is -0.709. The van der Waals surface area contributed by atoms with Gasteiger partial charge >= 0.3 is 0 Å². The molecule has 1 saturated heterocycles. The van der Waals surface area contributed by atoms with E-state index in [1.54, 1.807) is 18.2 Å². The molecule has 0 unspecified atom stereocenters. The lowest BCUT2D eigenvalue weighted by Gasteiger charge is -2.34. The zero-order chi connectivity index (χ0) is 18.5. The molecule has 0 saturated carbocycles. The Morgan fingerprint density at radius 2 is 1.80 bits per heavy atom. The van der Waals surface area contributed by atoms with Crippen molar-refractivity contribution in [1.29, 1.82) is 0 Å². The zero-order valence-electron chi connectivity index (χ0n) is 14.6. The van der Waals surface area contributed by atoms with Gasteiger partial charge in [0.15, 0.2) is 14.6 Å². The fourth-order valence-corrected chi connectivity index (χ4v) is 4.35. The number of amides is 2. The maximum absolute atomic E-state index is 12.5. The monoisotopic (exact) mass is 367 g/mol. The minimum absolute atomic E-state index is 0.182. The molecule has 2 rings (SSSR count). The van der Waals surface area contributed by atoms with E-state index in [1.807, 2.05) is 13.0 Å². The predicted molar refractivity (Wildman–Crippen MR) is 96.2 cm³/mol. The Morgan fingerprint density at radius 3 is 2.40 bits per heavy atom. The largest absolute Gasteiger partial charge is 0.353 e. The number of piperidine rings is 1. The average molecular weight is 367 g/mol. The third kappa shape index (κ3) is 4.58. The number of carbonyl (C=O) groups is 2. The smallest absolute Gasteiger partial charge is 0.251 e. The van der Waals surface area contributed by atoms with Crippen molar-refractivity contribution in [2.24, 2.45) is 0 Å². The average Bonchev–Trinajstić information content (AvgIpc) is 2.58. The number of hydrogen-bond donors (Lipinski definition) is 3. The second-order valence-corrected chi connectivity index (χ2v) is 8.72. The van der Waals surface area contributed by atoms with Crippen LogP contribution in [0, 0.1) is 6.92 Å². The van der Waals surface area contributed by atoms with E-state index in [0.29, 0.717) is 18.7 Å². The first-order chi connectivity index (χ1) is 11.8. The van der Waals surface area contributed by atoms with Crippen LogP contribution in [0.15, 0.2) is 24.3 Å². The second kappa shape index (κ2) is 7.97. The van der Waals surface area contributed by atoms with Crippen LogP contribution in [0.5, 0.6) is 0 Å². The van der Waals surface area contributed by atoms with Crippen molar-refractivity contribution in [3.63, 3.8) is 0 Å². The Hall–Kier alpha value is -1.93. The fourth-order valence-electron chi connectivity index (χ4n) is 3.00. The van der Waals surface area contributed by atoms with E-state index in [0.717, 1.165) is 11.8 Å². The van der Waals surface area contributed by atoms with E-state index in [2.05, 4.69) is 16.0 Å². The highest BCUT2D eigenvalue weighted by atomic mass is 32.2. The molecule has 0 atom stereocenters. The van der Waals surface area contributed by atoms with Crippen molar-refractivity contribution in [3.05, 3.63) is 35.4 Å². The lowest BCUT2D eigenvalue weighted by Crippen LogP contribution is -2.57. The van der Waals surface area contributed by atoms with Crippen LogP contribution in [0.4, 0.5) is 0 Å². The predicted octanol–water partition coefficient (Wildman–Crippen LogP) is 0.00782. The van der Waals surface area contributed by atoms with Crippen LogP contribution >= 0.6 is 0 Å². The lowest BCUT2D eigenvalue weighted by molar-refractivity contribution is -0.124. The second-order valence-electron chi connectivity index (χ2n) is 6.40. The van der Waals surface area contributed by atoms with Crippen molar-refractivity contribution in [3.8, 4) is 0 Å². The van der Waals surface area contributed by atoms with Gasteiger partial charge in [-0.1, -0.05) is 17.7 Å². The summed E-state index contributed by atoms with van der Waals surface area (Å²) in [7, 11) is -3.53. The molecular weight excluding hydrogens is 342 g/mol. The molecular formula is C17H25N3O4S. The third-order valence-corrected chi connectivity index (χ3v) is 6.52. The molecule has 1 aromatic rings. The zero-order valence-corrected chi connectivity index (χ0v) is 15.4. The van der Waals surface area contributed by atoms with Crippen LogP contribution in [0.3, 0.4) is 0 Å². The Bertz CT molecular complexity index is 740. The lowest BCUT2D eigenvalue weighted by atomic mass is 9.96. The summed E-state index contributed by atoms with van der Waals surface area (Å²) < 4.78 is 22.9. The molecule has 0 aromatic heterocycles. The number of carbonyl (C=O) groups excluding carboxylic acids is 2. The highest BCUT2D eigenvalue weighted by Gasteiger charge is 2.48. The van der Waals surface area contributed by atoms with Gasteiger partial charge in [-0.3, -0.25) is 9.59 Å². The summed E-state index contributed by atoms with van der Waals surface area (Å²) in [4.78, 5) is 24.5. The third-order valence-electron chi connectivity index (χ3n) is 4.51. The molecule has 138 valence electrons. The number of rotatable bonds is 6. The number of hydrogen-bond acceptors (Lipinski definition) is 5. The molecule has 1 heterocycles. The standard InChI is InChI=1S/C17H25N3O4S/c1-13-4-3-5-14(12-13)15(21)19-10-11-20-16(22)17(25(2,23)24)6-8-18-9-7-17/h3-5,12,18H,6-11H2,1-2H3,(H,19,21)(H,20,22). The molecule has 1 aliphatic rings. The van der Waals surface area contributed by atoms with Gasteiger partial charge in [-0.15, -0.1) is 0 Å². The number of nitrogens with one attached hydrogen (secondary N) is 3. The van der Waals surface area contributed by atoms with Crippen LogP contribution in [0.1, 0.15) is 28.8 Å². The summed E-state index contributed by atoms with van der Waals surface area (Å²) in [6.07, 6.45) is 1.62. The summed E-state index contributed by atoms with van der Waals surface area (Å²) >= 11 is 0. The molecule has 2 amide bonds. The van der Waals surface area contributed by atoms with Crippen molar-refractivity contribution in [2.45, 2.75) is 24.5 Å². The highest BCUT2D eigenvalue weighted by molar-refractivity contribution is 7.92. The molecule has 8 heteroatoms. The van der Waals surface area contributed by atoms with Crippen molar-refractivity contribution < 1.29 is 18.0 Å². The molecule has 0 bridgehead atoms. The molecule has 1 aliphatic heterocycles. The Morgan fingerprint density at radius 1 is 1.16 bits per heavy atom. The normalized spacial score (nSPS) is 16.9. The molecule has 0 radical (unpaired) electrons. The van der Waals surface area contributed by atoms with E-state index in [4.69, 9.17) is 0 Å². The number of benzene rings is 1. The molecule has 0 aliphatic carbocycles. The summed E-state index contributed by atoms with van der Waals surface area (Å²) in [6.45, 7) is 3.30. The van der Waals surface area contributed by atoms with E-state index in [1.165, 1.54) is 0 Å². The maximum Gasteiger partial charge on any atom is 0.251 e. The SMILES string of the molecule is Cc1cccc(C(=O)NCCNC(=O)C2(S(C)(=O)=O)CCNCC2)c1. The van der Waals surface area contributed by atoms with Gasteiger partial charge in [0.2, 0.25) is 5.91 Å². The van der Waals surface area contributed by atoms with Crippen LogP contribution in [-0.2, 0) is 14.6 Å². The van der Waals surface area contributed by atoms with Gasteiger partial charge in [0.1, 0.15) is 0 Å². The van der Waals surface area contributed by atoms with Crippen molar-refractivity contribution in [2.75, 3.05) is 32.4 Å². The molecule has 1 fully saturated rings. The minimum atomic E-state index is -3.53. The molecule has 3 N–H and O–H groups in total. The molecule has 25 heavy (non-hydrogen) atoms. The van der Waals surface area contributed by atoms with Crippen molar-refractivity contribution >= 4 is 21.7 Å². The van der Waals surface area contributed by atoms with Gasteiger partial charge in [-0.25, -0.2) is 8.42 Å². The maximum atomic E-state index is 12.5. The van der Waals surface area contributed by atoms with Crippen LogP contribution < -0.4 is 16.0 Å². The van der Waals surface area contributed by atoms with Gasteiger partial charge in [0.05, 0.1) is 0 Å². The topological polar surface area (TPSA) is 104 Å². The van der Waals surface area contributed by atoms with Gasteiger partial charge in [0, 0.05) is 24.9 Å². The molecule has 7 nitrogen and oxygen atoms in total. The number of sulfone groups is 1. The van der Waals surface area contributed by atoms with Crippen LogP contribution in [-0.4, -0.2) is 57.4 Å². The van der Waals surface area contributed by atoms with Crippen molar-refractivity contribution in [1.82, 2.24) is 16.0 Å². The Kier molecular flexibility index (Phi) is 6.18. The van der Waals surface area contributed by atoms with Gasteiger partial charge < -0.3 is 16.0 Å². The Labute approximate surface area is 148 Å². The molecule has 1 aromatic carbocycles. The fraction of sp³-hybridized carbons (Fsp3) is 0.529. The summed E-state index contributed by atoms with van der Waals surface area (Å²) in [5.41, 5.74) is 1.54. The number of aryl methyl sites for hydroxylation is 1. The van der Waals surface area contributed by atoms with E-state index in [9.17, 15) is 18.0 Å².